The quantitative estimate of drug-likeness (QED) is 0.545. The number of carbonyl (C=O) groups is 1. The van der Waals surface area contributed by atoms with Gasteiger partial charge in [0.1, 0.15) is 0 Å². The number of carbonyl (C=O) groups excluding carboxylic acids is 1. The number of pyridine rings is 2. The molecule has 2 fully saturated rings. The fourth-order valence-electron chi connectivity index (χ4n) is 5.82. The zero-order chi connectivity index (χ0) is 24.0. The molecule has 178 valence electrons. The number of amides is 1. The van der Waals surface area contributed by atoms with Gasteiger partial charge in [-0.2, -0.15) is 5.26 Å². The molecule has 0 spiro atoms. The van der Waals surface area contributed by atoms with Gasteiger partial charge >= 0.3 is 0 Å². The van der Waals surface area contributed by atoms with Crippen molar-refractivity contribution in [1.82, 2.24) is 20.2 Å². The molecule has 2 aromatic heterocycles. The first-order chi connectivity index (χ1) is 17.2. The molecule has 0 bridgehead atoms. The van der Waals surface area contributed by atoms with E-state index in [-0.39, 0.29) is 30.0 Å². The van der Waals surface area contributed by atoms with E-state index in [1.54, 1.807) is 12.4 Å². The number of nitriles is 1. The number of nitrogens with one attached hydrogen (secondary N) is 1. The summed E-state index contributed by atoms with van der Waals surface area (Å²) in [6.45, 7) is 0.821. The largest absolute Gasteiger partial charge is 0.352 e. The summed E-state index contributed by atoms with van der Waals surface area (Å²) < 4.78 is 0. The number of hydrogen-bond acceptors (Lipinski definition) is 5. The Morgan fingerprint density at radius 3 is 2.26 bits per heavy atom. The summed E-state index contributed by atoms with van der Waals surface area (Å²) in [5.41, 5.74) is 3.78. The number of rotatable bonds is 7. The van der Waals surface area contributed by atoms with E-state index >= 15 is 0 Å². The molecule has 6 nitrogen and oxygen atoms in total. The van der Waals surface area contributed by atoms with Crippen molar-refractivity contribution in [2.45, 2.75) is 62.6 Å². The number of likely N-dealkylation sites (tertiary alicyclic amines) is 1. The molecule has 1 N–H and O–H groups in total. The normalized spacial score (nSPS) is 19.5. The second kappa shape index (κ2) is 10.8. The van der Waals surface area contributed by atoms with Gasteiger partial charge in [0.15, 0.2) is 0 Å². The molecule has 3 aromatic rings. The lowest BCUT2D eigenvalue weighted by atomic mass is 9.81. The highest BCUT2D eigenvalue weighted by atomic mass is 16.2. The molecule has 1 saturated carbocycles. The predicted octanol–water partition coefficient (Wildman–Crippen LogP) is 4.74. The lowest BCUT2D eigenvalue weighted by Gasteiger charge is -2.38. The zero-order valence-electron chi connectivity index (χ0n) is 19.9. The summed E-state index contributed by atoms with van der Waals surface area (Å²) in [7, 11) is 0. The van der Waals surface area contributed by atoms with Gasteiger partial charge in [-0.3, -0.25) is 19.7 Å². The Labute approximate surface area is 207 Å². The van der Waals surface area contributed by atoms with E-state index in [1.807, 2.05) is 42.7 Å². The molecular weight excluding hydrogens is 434 g/mol. The standard InChI is InChI=1S/C29H31N5O/c30-18-21-7-3-8-22(17-21)28(27(23-9-4-14-31-19-23)24-10-5-15-32-20-24)34-16-6-13-26(34)29(35)33-25-11-1-2-12-25/h3-5,7-10,14-15,17,19-20,25-28H,1-2,6,11-13,16H2,(H,33,35)/t26-,28?/m0/s1. The van der Waals surface area contributed by atoms with E-state index < -0.39 is 0 Å². The highest BCUT2D eigenvalue weighted by molar-refractivity contribution is 5.82. The average molecular weight is 466 g/mol. The average Bonchev–Trinajstić information content (AvgIpc) is 3.61. The Hall–Kier alpha value is -3.56. The van der Waals surface area contributed by atoms with Crippen LogP contribution in [0.2, 0.25) is 0 Å². The molecule has 2 aliphatic rings. The van der Waals surface area contributed by atoms with Crippen molar-refractivity contribution in [3.05, 3.63) is 95.6 Å². The highest BCUT2D eigenvalue weighted by Gasteiger charge is 2.41. The molecule has 1 unspecified atom stereocenters. The maximum absolute atomic E-state index is 13.5. The Bertz CT molecular complexity index is 1130. The Morgan fingerprint density at radius 1 is 0.943 bits per heavy atom. The van der Waals surface area contributed by atoms with Crippen LogP contribution in [0.4, 0.5) is 0 Å². The van der Waals surface area contributed by atoms with Crippen LogP contribution < -0.4 is 5.32 Å². The third kappa shape index (κ3) is 5.11. The topological polar surface area (TPSA) is 81.9 Å². The maximum atomic E-state index is 13.5. The number of nitrogens with zero attached hydrogens (tertiary/aromatic N) is 4. The SMILES string of the molecule is N#Cc1cccc(C(C(c2cccnc2)c2cccnc2)N2CCC[C@H]2C(=O)NC2CCCC2)c1. The van der Waals surface area contributed by atoms with Crippen molar-refractivity contribution < 1.29 is 4.79 Å². The molecule has 0 radical (unpaired) electrons. The summed E-state index contributed by atoms with van der Waals surface area (Å²) in [4.78, 5) is 24.7. The number of benzene rings is 1. The fourth-order valence-corrected chi connectivity index (χ4v) is 5.82. The minimum absolute atomic E-state index is 0.0915. The fraction of sp³-hybridized carbons (Fsp3) is 0.379. The predicted molar refractivity (Wildman–Crippen MR) is 134 cm³/mol. The van der Waals surface area contributed by atoms with Gasteiger partial charge in [0, 0.05) is 42.8 Å². The molecule has 5 rings (SSSR count). The van der Waals surface area contributed by atoms with E-state index in [4.69, 9.17) is 0 Å². The van der Waals surface area contributed by atoms with Gasteiger partial charge in [-0.15, -0.1) is 0 Å². The van der Waals surface area contributed by atoms with Crippen LogP contribution >= 0.6 is 0 Å². The van der Waals surface area contributed by atoms with Gasteiger partial charge in [0.05, 0.1) is 17.7 Å². The molecule has 1 aliphatic carbocycles. The number of hydrogen-bond donors (Lipinski definition) is 1. The van der Waals surface area contributed by atoms with Crippen LogP contribution in [0.15, 0.2) is 73.3 Å². The van der Waals surface area contributed by atoms with Crippen LogP contribution in [0.5, 0.6) is 0 Å². The van der Waals surface area contributed by atoms with Crippen molar-refractivity contribution in [3.63, 3.8) is 0 Å². The van der Waals surface area contributed by atoms with Crippen molar-refractivity contribution in [2.75, 3.05) is 6.54 Å². The van der Waals surface area contributed by atoms with Crippen LogP contribution in [0.3, 0.4) is 0 Å². The van der Waals surface area contributed by atoms with Crippen molar-refractivity contribution in [3.8, 4) is 6.07 Å². The van der Waals surface area contributed by atoms with Gasteiger partial charge in [-0.05, 0) is 73.2 Å². The molecule has 3 heterocycles. The van der Waals surface area contributed by atoms with Gasteiger partial charge in [-0.1, -0.05) is 37.1 Å². The van der Waals surface area contributed by atoms with E-state index in [0.29, 0.717) is 5.56 Å². The third-order valence-corrected chi connectivity index (χ3v) is 7.42. The van der Waals surface area contributed by atoms with Crippen LogP contribution in [0, 0.1) is 11.3 Å². The summed E-state index contributed by atoms with van der Waals surface area (Å²) in [5.74, 6) is 0.0400. The summed E-state index contributed by atoms with van der Waals surface area (Å²) >= 11 is 0. The Morgan fingerprint density at radius 2 is 1.63 bits per heavy atom. The summed E-state index contributed by atoms with van der Waals surface area (Å²) in [6.07, 6.45) is 13.7. The van der Waals surface area contributed by atoms with Gasteiger partial charge in [0.25, 0.3) is 0 Å². The second-order valence-electron chi connectivity index (χ2n) is 9.62. The highest BCUT2D eigenvalue weighted by Crippen LogP contribution is 2.43. The Kier molecular flexibility index (Phi) is 7.15. The first-order valence-corrected chi connectivity index (χ1v) is 12.6. The van der Waals surface area contributed by atoms with E-state index in [0.717, 1.165) is 48.9 Å². The van der Waals surface area contributed by atoms with Crippen LogP contribution in [0.1, 0.15) is 72.7 Å². The molecule has 6 heteroatoms. The lowest BCUT2D eigenvalue weighted by Crippen LogP contribution is -2.48. The molecule has 35 heavy (non-hydrogen) atoms. The summed E-state index contributed by atoms with van der Waals surface area (Å²) in [6, 6.07) is 18.1. The first-order valence-electron chi connectivity index (χ1n) is 12.6. The zero-order valence-corrected chi connectivity index (χ0v) is 19.9. The molecule has 1 amide bonds. The van der Waals surface area contributed by atoms with Gasteiger partial charge in [0.2, 0.25) is 5.91 Å². The molecule has 1 aliphatic heterocycles. The van der Waals surface area contributed by atoms with Crippen LogP contribution in [0.25, 0.3) is 0 Å². The second-order valence-corrected chi connectivity index (χ2v) is 9.62. The van der Waals surface area contributed by atoms with E-state index in [9.17, 15) is 10.1 Å². The van der Waals surface area contributed by atoms with E-state index in [1.165, 1.54) is 12.8 Å². The number of aromatic nitrogens is 2. The first kappa shape index (κ1) is 23.2. The van der Waals surface area contributed by atoms with Gasteiger partial charge in [-0.25, -0.2) is 0 Å². The Balaban J connectivity index is 1.59. The van der Waals surface area contributed by atoms with Crippen LogP contribution in [-0.4, -0.2) is 39.4 Å². The monoisotopic (exact) mass is 465 g/mol. The van der Waals surface area contributed by atoms with Crippen molar-refractivity contribution >= 4 is 5.91 Å². The van der Waals surface area contributed by atoms with E-state index in [2.05, 4.69) is 44.5 Å². The smallest absolute Gasteiger partial charge is 0.237 e. The third-order valence-electron chi connectivity index (χ3n) is 7.42. The lowest BCUT2D eigenvalue weighted by molar-refractivity contribution is -0.127. The maximum Gasteiger partial charge on any atom is 0.237 e. The summed E-state index contributed by atoms with van der Waals surface area (Å²) in [5, 5.41) is 13.0. The molecule has 1 saturated heterocycles. The minimum Gasteiger partial charge on any atom is -0.352 e. The molecular formula is C29H31N5O. The molecule has 2 atom stereocenters. The van der Waals surface area contributed by atoms with Crippen molar-refractivity contribution in [1.29, 1.82) is 5.26 Å². The van der Waals surface area contributed by atoms with Crippen LogP contribution in [-0.2, 0) is 4.79 Å². The minimum atomic E-state index is -0.206. The molecule has 1 aromatic carbocycles. The van der Waals surface area contributed by atoms with Crippen molar-refractivity contribution in [2.24, 2.45) is 0 Å². The van der Waals surface area contributed by atoms with Gasteiger partial charge < -0.3 is 5.32 Å².